The summed E-state index contributed by atoms with van der Waals surface area (Å²) in [5, 5.41) is 10.1. The molecule has 0 aliphatic heterocycles. The summed E-state index contributed by atoms with van der Waals surface area (Å²) in [4.78, 5) is 11.4. The minimum absolute atomic E-state index is 0.114. The summed E-state index contributed by atoms with van der Waals surface area (Å²) in [7, 11) is 0. The summed E-state index contributed by atoms with van der Waals surface area (Å²) in [5.41, 5.74) is 1.51. The number of aliphatic hydroxyl groups is 1. The van der Waals surface area contributed by atoms with E-state index in [4.69, 9.17) is 0 Å². The average molecular weight is 220 g/mol. The van der Waals surface area contributed by atoms with Crippen molar-refractivity contribution in [1.82, 2.24) is 0 Å². The van der Waals surface area contributed by atoms with Gasteiger partial charge < -0.3 is 5.11 Å². The van der Waals surface area contributed by atoms with Gasteiger partial charge in [-0.25, -0.2) is 0 Å². The van der Waals surface area contributed by atoms with Gasteiger partial charge in [-0.05, 0) is 55.4 Å². The molecule has 3 aliphatic carbocycles. The van der Waals surface area contributed by atoms with Crippen molar-refractivity contribution in [1.29, 1.82) is 0 Å². The average Bonchev–Trinajstić information content (AvgIpc) is 2.56. The van der Waals surface area contributed by atoms with Crippen LogP contribution in [0, 0.1) is 17.3 Å². The van der Waals surface area contributed by atoms with Crippen molar-refractivity contribution in [3.63, 3.8) is 0 Å². The van der Waals surface area contributed by atoms with Crippen LogP contribution in [0.5, 0.6) is 0 Å². The van der Waals surface area contributed by atoms with Crippen molar-refractivity contribution in [3.8, 4) is 0 Å². The molecule has 0 bridgehead atoms. The van der Waals surface area contributed by atoms with Gasteiger partial charge in [-0.15, -0.1) is 0 Å². The first-order valence-corrected chi connectivity index (χ1v) is 6.52. The van der Waals surface area contributed by atoms with Gasteiger partial charge in [0.1, 0.15) is 0 Å². The van der Waals surface area contributed by atoms with Gasteiger partial charge >= 0.3 is 0 Å². The monoisotopic (exact) mass is 220 g/mol. The van der Waals surface area contributed by atoms with Crippen LogP contribution in [0.15, 0.2) is 11.6 Å². The van der Waals surface area contributed by atoms with E-state index < -0.39 is 0 Å². The number of rotatable bonds is 0. The molecule has 3 aliphatic rings. The Balaban J connectivity index is 1.93. The van der Waals surface area contributed by atoms with Gasteiger partial charge in [-0.3, -0.25) is 4.79 Å². The minimum Gasteiger partial charge on any atom is -0.393 e. The van der Waals surface area contributed by atoms with Crippen LogP contribution in [0.3, 0.4) is 0 Å². The molecule has 2 saturated carbocycles. The van der Waals surface area contributed by atoms with Crippen LogP contribution in [0.25, 0.3) is 0 Å². The fourth-order valence-corrected chi connectivity index (χ4v) is 4.26. The molecule has 2 nitrogen and oxygen atoms in total. The van der Waals surface area contributed by atoms with Crippen molar-refractivity contribution >= 4 is 5.78 Å². The van der Waals surface area contributed by atoms with E-state index in [1.807, 2.05) is 6.08 Å². The van der Waals surface area contributed by atoms with E-state index in [0.717, 1.165) is 38.5 Å². The summed E-state index contributed by atoms with van der Waals surface area (Å²) in [5.74, 6) is 1.53. The van der Waals surface area contributed by atoms with Crippen molar-refractivity contribution in [2.45, 2.75) is 51.6 Å². The maximum atomic E-state index is 11.4. The lowest BCUT2D eigenvalue weighted by atomic mass is 9.59. The second-order valence-electron chi connectivity index (χ2n) is 6.04. The first kappa shape index (κ1) is 10.5. The first-order chi connectivity index (χ1) is 7.61. The summed E-state index contributed by atoms with van der Waals surface area (Å²) in [6.07, 6.45) is 7.73. The molecule has 2 heteroatoms. The number of ketones is 1. The van der Waals surface area contributed by atoms with Gasteiger partial charge in [0.15, 0.2) is 5.78 Å². The van der Waals surface area contributed by atoms with Crippen molar-refractivity contribution in [2.75, 3.05) is 0 Å². The normalized spacial score (nSPS) is 47.2. The maximum absolute atomic E-state index is 11.4. The largest absolute Gasteiger partial charge is 0.393 e. The highest BCUT2D eigenvalue weighted by Crippen LogP contribution is 2.57. The molecule has 0 unspecified atom stereocenters. The zero-order valence-corrected chi connectivity index (χ0v) is 9.91. The minimum atomic E-state index is -0.114. The van der Waals surface area contributed by atoms with E-state index in [1.54, 1.807) is 0 Å². The number of fused-ring (bicyclic) bond motifs is 3. The topological polar surface area (TPSA) is 37.3 Å². The second kappa shape index (κ2) is 3.43. The lowest BCUT2D eigenvalue weighted by Crippen LogP contribution is -2.41. The van der Waals surface area contributed by atoms with Gasteiger partial charge in [0, 0.05) is 6.42 Å². The van der Waals surface area contributed by atoms with E-state index in [2.05, 4.69) is 6.92 Å². The fourth-order valence-electron chi connectivity index (χ4n) is 4.26. The SMILES string of the molecule is C[C@]12CCC3=CC(=O)CC[C@H]3[C@@H]1CC[C@@H]2O. The molecule has 0 heterocycles. The number of carbonyl (C=O) groups excluding carboxylic acids is 1. The van der Waals surface area contributed by atoms with Gasteiger partial charge in [-0.2, -0.15) is 0 Å². The third kappa shape index (κ3) is 1.32. The maximum Gasteiger partial charge on any atom is 0.155 e. The van der Waals surface area contributed by atoms with Gasteiger partial charge in [0.05, 0.1) is 6.10 Å². The molecule has 0 saturated heterocycles. The Kier molecular flexibility index (Phi) is 2.25. The summed E-state index contributed by atoms with van der Waals surface area (Å²) >= 11 is 0. The Morgan fingerprint density at radius 2 is 2.12 bits per heavy atom. The predicted octanol–water partition coefficient (Wildman–Crippen LogP) is 2.46. The summed E-state index contributed by atoms with van der Waals surface area (Å²) in [6, 6.07) is 0. The highest BCUT2D eigenvalue weighted by atomic mass is 16.3. The summed E-state index contributed by atoms with van der Waals surface area (Å²) in [6.45, 7) is 2.25. The molecule has 1 N–H and O–H groups in total. The molecule has 16 heavy (non-hydrogen) atoms. The van der Waals surface area contributed by atoms with Crippen LogP contribution in [0.4, 0.5) is 0 Å². The van der Waals surface area contributed by atoms with Crippen molar-refractivity contribution in [3.05, 3.63) is 11.6 Å². The van der Waals surface area contributed by atoms with Crippen molar-refractivity contribution < 1.29 is 9.90 Å². The Hall–Kier alpha value is -0.630. The van der Waals surface area contributed by atoms with E-state index in [-0.39, 0.29) is 11.5 Å². The molecular weight excluding hydrogens is 200 g/mol. The molecule has 3 rings (SSSR count). The number of hydrogen-bond acceptors (Lipinski definition) is 2. The molecule has 0 spiro atoms. The zero-order chi connectivity index (χ0) is 11.3. The molecule has 0 radical (unpaired) electrons. The van der Waals surface area contributed by atoms with Gasteiger partial charge in [0.25, 0.3) is 0 Å². The Labute approximate surface area is 96.7 Å². The van der Waals surface area contributed by atoms with Crippen LogP contribution in [-0.4, -0.2) is 17.0 Å². The molecule has 0 aromatic heterocycles. The Morgan fingerprint density at radius 1 is 1.31 bits per heavy atom. The molecule has 88 valence electrons. The number of carbonyl (C=O) groups is 1. The van der Waals surface area contributed by atoms with E-state index in [1.165, 1.54) is 5.57 Å². The Bertz CT molecular complexity index is 358. The first-order valence-electron chi connectivity index (χ1n) is 6.52. The summed E-state index contributed by atoms with van der Waals surface area (Å²) < 4.78 is 0. The third-order valence-electron chi connectivity index (χ3n) is 5.32. The van der Waals surface area contributed by atoms with E-state index in [0.29, 0.717) is 17.6 Å². The highest BCUT2D eigenvalue weighted by molar-refractivity contribution is 5.91. The number of hydrogen-bond donors (Lipinski definition) is 1. The van der Waals surface area contributed by atoms with Crippen LogP contribution in [0.2, 0.25) is 0 Å². The standard InChI is InChI=1S/C14H20O2/c1-14-7-6-9-8-10(15)2-3-11(9)12(14)4-5-13(14)16/h8,11-13,16H,2-7H2,1H3/t11-,12+,13+,14+/m1/s1. The van der Waals surface area contributed by atoms with Crippen LogP contribution < -0.4 is 0 Å². The lowest BCUT2D eigenvalue weighted by Gasteiger charge is -2.46. The second-order valence-corrected chi connectivity index (χ2v) is 6.04. The van der Waals surface area contributed by atoms with Gasteiger partial charge in [-0.1, -0.05) is 12.5 Å². The van der Waals surface area contributed by atoms with Crippen molar-refractivity contribution in [2.24, 2.45) is 17.3 Å². The molecule has 0 aromatic carbocycles. The number of aliphatic hydroxyl groups excluding tert-OH is 1. The highest BCUT2D eigenvalue weighted by Gasteiger charge is 2.52. The zero-order valence-electron chi connectivity index (χ0n) is 9.91. The molecule has 4 atom stereocenters. The molecule has 0 amide bonds. The van der Waals surface area contributed by atoms with E-state index in [9.17, 15) is 9.90 Å². The molecule has 0 aromatic rings. The quantitative estimate of drug-likeness (QED) is 0.681. The fraction of sp³-hybridized carbons (Fsp3) is 0.786. The smallest absolute Gasteiger partial charge is 0.155 e. The molecule has 2 fully saturated rings. The van der Waals surface area contributed by atoms with Crippen LogP contribution >= 0.6 is 0 Å². The molecular formula is C14H20O2. The van der Waals surface area contributed by atoms with Crippen LogP contribution in [0.1, 0.15) is 45.4 Å². The van der Waals surface area contributed by atoms with Gasteiger partial charge in [0.2, 0.25) is 0 Å². The van der Waals surface area contributed by atoms with Crippen LogP contribution in [-0.2, 0) is 4.79 Å². The van der Waals surface area contributed by atoms with E-state index >= 15 is 0 Å². The lowest BCUT2D eigenvalue weighted by molar-refractivity contribution is -0.115. The number of allylic oxidation sites excluding steroid dienone is 2. The predicted molar refractivity (Wildman–Crippen MR) is 61.9 cm³/mol. The third-order valence-corrected chi connectivity index (χ3v) is 5.32. The Morgan fingerprint density at radius 3 is 2.94 bits per heavy atom.